The van der Waals surface area contributed by atoms with Crippen molar-refractivity contribution in [3.05, 3.63) is 71.8 Å². The Bertz CT molecular complexity index is 1610. The normalized spacial score (nSPS) is 17.8. The first-order valence-electron chi connectivity index (χ1n) is 16.4. The van der Waals surface area contributed by atoms with E-state index in [1.165, 1.54) is 29.7 Å². The molecule has 1 aromatic heterocycles. The van der Waals surface area contributed by atoms with Crippen LogP contribution in [0.4, 0.5) is 10.5 Å². The number of carbonyl (C=O) groups is 1. The van der Waals surface area contributed by atoms with Gasteiger partial charge in [-0.3, -0.25) is 9.80 Å². The van der Waals surface area contributed by atoms with Crippen LogP contribution in [0.25, 0.3) is 21.8 Å². The number of aromatic nitrogens is 1. The summed E-state index contributed by atoms with van der Waals surface area (Å²) >= 11 is 0. The monoisotopic (exact) mass is 596 g/mol. The van der Waals surface area contributed by atoms with E-state index in [1.54, 1.807) is 11.7 Å². The van der Waals surface area contributed by atoms with E-state index in [4.69, 9.17) is 9.47 Å². The second-order valence-corrected chi connectivity index (χ2v) is 13.4. The minimum Gasteiger partial charge on any atom is -0.496 e. The van der Waals surface area contributed by atoms with E-state index >= 15 is 0 Å². The van der Waals surface area contributed by atoms with Crippen molar-refractivity contribution in [1.82, 2.24) is 14.4 Å². The molecule has 2 heterocycles. The number of benzene rings is 3. The zero-order chi connectivity index (χ0) is 30.8. The van der Waals surface area contributed by atoms with Crippen molar-refractivity contribution in [3.8, 4) is 5.75 Å². The molecular formula is C37H48N4O3. The molecule has 44 heavy (non-hydrogen) atoms. The fraction of sp³-hybridized carbons (Fsp3) is 0.486. The number of para-hydroxylation sites is 1. The smallest absolute Gasteiger partial charge is 0.419 e. The summed E-state index contributed by atoms with van der Waals surface area (Å²) in [5.41, 5.74) is 5.29. The minimum atomic E-state index is -0.565. The zero-order valence-corrected chi connectivity index (χ0v) is 27.1. The number of fused-ring (bicyclic) bond motifs is 4. The van der Waals surface area contributed by atoms with Crippen molar-refractivity contribution in [2.75, 3.05) is 57.8 Å². The number of carbonyl (C=O) groups excluding carboxylic acids is 1. The Kier molecular flexibility index (Phi) is 8.88. The quantitative estimate of drug-likeness (QED) is 0.219. The average molecular weight is 597 g/mol. The lowest BCUT2D eigenvalue weighted by Gasteiger charge is -2.39. The molecule has 1 atom stereocenters. The van der Waals surface area contributed by atoms with Crippen LogP contribution in [0.1, 0.15) is 51.7 Å². The molecule has 0 spiro atoms. The Morgan fingerprint density at radius 2 is 1.68 bits per heavy atom. The minimum absolute atomic E-state index is 0.331. The van der Waals surface area contributed by atoms with E-state index in [9.17, 15) is 4.79 Å². The van der Waals surface area contributed by atoms with Crippen LogP contribution in [0.2, 0.25) is 0 Å². The van der Waals surface area contributed by atoms with Crippen LogP contribution in [-0.2, 0) is 17.6 Å². The van der Waals surface area contributed by atoms with Crippen molar-refractivity contribution in [1.29, 1.82) is 0 Å². The summed E-state index contributed by atoms with van der Waals surface area (Å²) in [7, 11) is 1.79. The maximum absolute atomic E-state index is 13.4. The van der Waals surface area contributed by atoms with Crippen LogP contribution in [-0.4, -0.2) is 85.0 Å². The van der Waals surface area contributed by atoms with Crippen LogP contribution in [0.5, 0.6) is 5.75 Å². The number of nitrogens with zero attached hydrogens (tertiary/aromatic N) is 4. The summed E-state index contributed by atoms with van der Waals surface area (Å²) in [6.45, 7) is 15.4. The molecule has 1 unspecified atom stereocenters. The molecule has 234 valence electrons. The van der Waals surface area contributed by atoms with Crippen LogP contribution < -0.4 is 9.64 Å². The number of ether oxygens (including phenoxy) is 2. The van der Waals surface area contributed by atoms with Gasteiger partial charge in [-0.15, -0.1) is 0 Å². The van der Waals surface area contributed by atoms with Gasteiger partial charge in [0, 0.05) is 61.8 Å². The van der Waals surface area contributed by atoms with Gasteiger partial charge in [0.1, 0.15) is 11.4 Å². The van der Waals surface area contributed by atoms with E-state index in [1.807, 2.05) is 39.0 Å². The molecule has 1 aliphatic heterocycles. The van der Waals surface area contributed by atoms with Gasteiger partial charge in [0.25, 0.3) is 0 Å². The van der Waals surface area contributed by atoms with E-state index in [-0.39, 0.29) is 6.09 Å². The lowest BCUT2D eigenvalue weighted by Crippen LogP contribution is -2.50. The summed E-state index contributed by atoms with van der Waals surface area (Å²) in [5.74, 6) is 1.05. The van der Waals surface area contributed by atoms with Gasteiger partial charge < -0.3 is 14.4 Å². The first-order chi connectivity index (χ1) is 21.3. The molecule has 7 nitrogen and oxygen atoms in total. The summed E-state index contributed by atoms with van der Waals surface area (Å²) in [4.78, 5) is 21.2. The van der Waals surface area contributed by atoms with Gasteiger partial charge in [0.15, 0.2) is 0 Å². The Labute approximate surface area is 262 Å². The van der Waals surface area contributed by atoms with Crippen LogP contribution in [0, 0.1) is 0 Å². The van der Waals surface area contributed by atoms with Crippen molar-refractivity contribution < 1.29 is 14.3 Å². The van der Waals surface area contributed by atoms with E-state index in [0.29, 0.717) is 6.04 Å². The Morgan fingerprint density at radius 1 is 0.932 bits per heavy atom. The molecule has 0 saturated carbocycles. The molecule has 6 rings (SSSR count). The highest BCUT2D eigenvalue weighted by Gasteiger charge is 2.28. The largest absolute Gasteiger partial charge is 0.496 e. The molecule has 3 aromatic carbocycles. The zero-order valence-electron chi connectivity index (χ0n) is 27.1. The second kappa shape index (κ2) is 12.8. The lowest BCUT2D eigenvalue weighted by molar-refractivity contribution is 0.0551. The molecule has 1 fully saturated rings. The lowest BCUT2D eigenvalue weighted by atomic mass is 9.86. The van der Waals surface area contributed by atoms with Crippen LogP contribution in [0.3, 0.4) is 0 Å². The van der Waals surface area contributed by atoms with Gasteiger partial charge in [0.05, 0.1) is 18.1 Å². The first kappa shape index (κ1) is 30.5. The third-order valence-corrected chi connectivity index (χ3v) is 9.33. The Morgan fingerprint density at radius 3 is 2.43 bits per heavy atom. The average Bonchev–Trinajstić information content (AvgIpc) is 3.37. The molecular weight excluding hydrogens is 548 g/mol. The molecule has 0 N–H and O–H groups in total. The summed E-state index contributed by atoms with van der Waals surface area (Å²) in [6.07, 6.45) is 4.25. The molecule has 0 radical (unpaired) electrons. The van der Waals surface area contributed by atoms with E-state index in [0.717, 1.165) is 86.2 Å². The van der Waals surface area contributed by atoms with Crippen molar-refractivity contribution in [3.63, 3.8) is 0 Å². The first-order valence-corrected chi connectivity index (χ1v) is 16.4. The van der Waals surface area contributed by atoms with Gasteiger partial charge in [-0.25, -0.2) is 9.36 Å². The third kappa shape index (κ3) is 6.18. The molecule has 4 aromatic rings. The Balaban J connectivity index is 1.14. The SMILES string of the molecule is CCCN(CCN1CCN(c2cccc3c2c2ccccc2n3C(=O)OC(C)(C)C)CC1)C1CCc2c(cccc2OC)C1. The second-order valence-electron chi connectivity index (χ2n) is 13.4. The number of hydrogen-bond donors (Lipinski definition) is 0. The maximum Gasteiger partial charge on any atom is 0.419 e. The van der Waals surface area contributed by atoms with Gasteiger partial charge in [-0.05, 0) is 88.4 Å². The summed E-state index contributed by atoms with van der Waals surface area (Å²) in [6, 6.07) is 21.6. The van der Waals surface area contributed by atoms with Gasteiger partial charge in [-0.1, -0.05) is 43.3 Å². The topological polar surface area (TPSA) is 50.2 Å². The fourth-order valence-corrected chi connectivity index (χ4v) is 7.27. The van der Waals surface area contributed by atoms with Crippen molar-refractivity contribution in [2.24, 2.45) is 0 Å². The van der Waals surface area contributed by atoms with Crippen molar-refractivity contribution >= 4 is 33.6 Å². The van der Waals surface area contributed by atoms with Gasteiger partial charge in [-0.2, -0.15) is 0 Å². The number of hydrogen-bond acceptors (Lipinski definition) is 6. The van der Waals surface area contributed by atoms with Crippen LogP contribution in [0.15, 0.2) is 60.7 Å². The standard InChI is InChI=1S/C37H48N4O3/c1-6-19-39(28-17-18-29-27(26-28)11-9-16-34(29)43-5)23-20-38-21-24-40(25-22-38)32-14-10-15-33-35(32)30-12-7-8-13-31(30)41(33)36(42)44-37(2,3)4/h7-16,28H,6,17-26H2,1-5H3. The highest BCUT2D eigenvalue weighted by Crippen LogP contribution is 2.37. The highest BCUT2D eigenvalue weighted by atomic mass is 16.6. The molecule has 1 saturated heterocycles. The highest BCUT2D eigenvalue weighted by molar-refractivity contribution is 6.17. The van der Waals surface area contributed by atoms with Gasteiger partial charge >= 0.3 is 6.09 Å². The molecule has 0 amide bonds. The Hall–Kier alpha value is -3.55. The van der Waals surface area contributed by atoms with Gasteiger partial charge in [0.2, 0.25) is 0 Å². The predicted molar refractivity (Wildman–Crippen MR) is 180 cm³/mol. The molecule has 1 aliphatic carbocycles. The van der Waals surface area contributed by atoms with Crippen LogP contribution >= 0.6 is 0 Å². The molecule has 2 aliphatic rings. The molecule has 0 bridgehead atoms. The van der Waals surface area contributed by atoms with E-state index < -0.39 is 5.60 Å². The fourth-order valence-electron chi connectivity index (χ4n) is 7.27. The van der Waals surface area contributed by atoms with E-state index in [2.05, 4.69) is 64.1 Å². The summed E-state index contributed by atoms with van der Waals surface area (Å²) in [5, 5.41) is 2.22. The maximum atomic E-state index is 13.4. The summed E-state index contributed by atoms with van der Waals surface area (Å²) < 4.78 is 13.2. The third-order valence-electron chi connectivity index (χ3n) is 9.33. The van der Waals surface area contributed by atoms with Crippen molar-refractivity contribution in [2.45, 2.75) is 65.0 Å². The number of anilines is 1. The number of rotatable bonds is 8. The number of methoxy groups -OCH3 is 1. The molecule has 7 heteroatoms. The number of piperazine rings is 1. The predicted octanol–water partition coefficient (Wildman–Crippen LogP) is 6.98.